The second-order valence-electron chi connectivity index (χ2n) is 14.5. The molecule has 0 aromatic carbocycles. The third kappa shape index (κ3) is 38.3. The number of rotatable bonds is 40. The Balaban J connectivity index is 4.47. The molecule has 0 aromatic heterocycles. The SMILES string of the molecule is CCCCCC/C=C/C=C/CCCCCCCC(=O)OC[C@H](COP(=O)(O)OC[C@H](N)C(=O)O)OC(=O)CCC/C=C/C/C=C/CCCCCCCCCCC. The van der Waals surface area contributed by atoms with Crippen molar-refractivity contribution in [1.82, 2.24) is 0 Å². The second kappa shape index (κ2) is 39.3. The lowest BCUT2D eigenvalue weighted by atomic mass is 10.1. The molecule has 0 bridgehead atoms. The van der Waals surface area contributed by atoms with Gasteiger partial charge >= 0.3 is 25.7 Å². The van der Waals surface area contributed by atoms with Crippen LogP contribution in [0.25, 0.3) is 0 Å². The number of carbonyl (C=O) groups is 3. The number of phosphoric ester groups is 1. The minimum atomic E-state index is -4.73. The number of phosphoric acid groups is 1. The van der Waals surface area contributed by atoms with Crippen LogP contribution in [0.5, 0.6) is 0 Å². The molecule has 324 valence electrons. The largest absolute Gasteiger partial charge is 0.480 e. The van der Waals surface area contributed by atoms with Crippen LogP contribution in [0, 0.1) is 0 Å². The quantitative estimate of drug-likeness (QED) is 0.0177. The molecule has 0 aliphatic carbocycles. The zero-order chi connectivity index (χ0) is 41.4. The van der Waals surface area contributed by atoms with E-state index in [1.54, 1.807) is 0 Å². The molecule has 0 spiro atoms. The highest BCUT2D eigenvalue weighted by Gasteiger charge is 2.28. The zero-order valence-electron chi connectivity index (χ0n) is 35.0. The summed E-state index contributed by atoms with van der Waals surface area (Å²) in [6.45, 7) is 2.72. The predicted octanol–water partition coefficient (Wildman–Crippen LogP) is 11.4. The van der Waals surface area contributed by atoms with Gasteiger partial charge in [0.05, 0.1) is 13.2 Å². The van der Waals surface area contributed by atoms with E-state index >= 15 is 0 Å². The van der Waals surface area contributed by atoms with Gasteiger partial charge in [0.15, 0.2) is 6.10 Å². The molecule has 0 aliphatic heterocycles. The fourth-order valence-electron chi connectivity index (χ4n) is 5.62. The van der Waals surface area contributed by atoms with Crippen molar-refractivity contribution in [3.05, 3.63) is 48.6 Å². The fraction of sp³-hybridized carbons (Fsp3) is 0.750. The van der Waals surface area contributed by atoms with Gasteiger partial charge in [0.25, 0.3) is 0 Å². The van der Waals surface area contributed by atoms with E-state index in [2.05, 4.69) is 60.9 Å². The molecule has 0 saturated heterocycles. The Morgan fingerprint density at radius 3 is 1.57 bits per heavy atom. The van der Waals surface area contributed by atoms with Crippen LogP contribution in [0.15, 0.2) is 48.6 Å². The van der Waals surface area contributed by atoms with Crippen molar-refractivity contribution in [1.29, 1.82) is 0 Å². The molecule has 0 rings (SSSR count). The van der Waals surface area contributed by atoms with Gasteiger partial charge in [-0.1, -0.05) is 152 Å². The standard InChI is InChI=1S/C44H78NO10P/c1-3-5-7-9-11-13-15-17-19-20-22-24-26-28-30-32-34-36-43(47)55-40(38-53-56(50,51)54-39-41(45)44(48)49)37-52-42(46)35-33-31-29-27-25-23-21-18-16-14-12-10-8-6-4-2/h14,16,18,21-22,24,28,30,40-41H,3-13,15,17,19-20,23,25-27,29,31-39,45H2,1-2H3,(H,48,49)(H,50,51)/b16-14+,21-18+,24-22+,30-28+/t40-,41+/m1/s1. The number of aliphatic carboxylic acids is 1. The number of ether oxygens (including phenoxy) is 2. The number of esters is 2. The van der Waals surface area contributed by atoms with Crippen molar-refractivity contribution in [3.63, 3.8) is 0 Å². The highest BCUT2D eigenvalue weighted by molar-refractivity contribution is 7.47. The lowest BCUT2D eigenvalue weighted by Gasteiger charge is -2.20. The maximum Gasteiger partial charge on any atom is 0.472 e. The highest BCUT2D eigenvalue weighted by atomic mass is 31.2. The third-order valence-corrected chi connectivity index (χ3v) is 10.0. The second-order valence-corrected chi connectivity index (χ2v) is 16.0. The van der Waals surface area contributed by atoms with Crippen LogP contribution in [0.3, 0.4) is 0 Å². The first-order valence-corrected chi connectivity index (χ1v) is 23.2. The van der Waals surface area contributed by atoms with Crippen molar-refractivity contribution >= 4 is 25.7 Å². The van der Waals surface area contributed by atoms with Crippen molar-refractivity contribution in [2.45, 2.75) is 193 Å². The molecule has 4 N–H and O–H groups in total. The van der Waals surface area contributed by atoms with Crippen LogP contribution >= 0.6 is 7.82 Å². The van der Waals surface area contributed by atoms with Gasteiger partial charge in [-0.05, 0) is 64.2 Å². The molecule has 56 heavy (non-hydrogen) atoms. The first kappa shape index (κ1) is 53.4. The van der Waals surface area contributed by atoms with E-state index in [4.69, 9.17) is 24.8 Å². The number of unbranched alkanes of at least 4 members (excludes halogenated alkanes) is 19. The molecule has 0 heterocycles. The zero-order valence-corrected chi connectivity index (χ0v) is 35.9. The van der Waals surface area contributed by atoms with Gasteiger partial charge < -0.3 is 25.2 Å². The number of carbonyl (C=O) groups excluding carboxylic acids is 2. The number of hydrogen-bond acceptors (Lipinski definition) is 9. The molecule has 0 radical (unpaired) electrons. The Morgan fingerprint density at radius 1 is 0.571 bits per heavy atom. The number of nitrogens with two attached hydrogens (primary N) is 1. The molecule has 0 amide bonds. The summed E-state index contributed by atoms with van der Waals surface area (Å²) in [6.07, 6.45) is 43.3. The van der Waals surface area contributed by atoms with E-state index in [0.717, 1.165) is 51.4 Å². The highest BCUT2D eigenvalue weighted by Crippen LogP contribution is 2.43. The molecule has 0 aromatic rings. The van der Waals surface area contributed by atoms with Gasteiger partial charge in [-0.2, -0.15) is 0 Å². The molecule has 3 atom stereocenters. The molecule has 0 aliphatic rings. The van der Waals surface area contributed by atoms with E-state index in [1.165, 1.54) is 83.5 Å². The summed E-state index contributed by atoms with van der Waals surface area (Å²) in [6, 6.07) is -1.53. The summed E-state index contributed by atoms with van der Waals surface area (Å²) in [7, 11) is -4.73. The van der Waals surface area contributed by atoms with Gasteiger partial charge in [0.1, 0.15) is 12.6 Å². The number of carboxylic acid groups (broad SMARTS) is 1. The van der Waals surface area contributed by atoms with Gasteiger partial charge in [0.2, 0.25) is 0 Å². The Labute approximate surface area is 339 Å². The van der Waals surface area contributed by atoms with Crippen molar-refractivity contribution in [2.75, 3.05) is 19.8 Å². The Hall–Kier alpha value is -2.56. The predicted molar refractivity (Wildman–Crippen MR) is 226 cm³/mol. The molecular weight excluding hydrogens is 733 g/mol. The van der Waals surface area contributed by atoms with Gasteiger partial charge in [-0.15, -0.1) is 0 Å². The normalized spacial score (nSPS) is 14.2. The average Bonchev–Trinajstić information content (AvgIpc) is 3.17. The first-order chi connectivity index (χ1) is 27.1. The molecular formula is C44H78NO10P. The van der Waals surface area contributed by atoms with E-state index in [-0.39, 0.29) is 19.4 Å². The van der Waals surface area contributed by atoms with Crippen molar-refractivity contribution in [3.8, 4) is 0 Å². The Bertz CT molecular complexity index is 1140. The lowest BCUT2D eigenvalue weighted by molar-refractivity contribution is -0.161. The smallest absolute Gasteiger partial charge is 0.472 e. The van der Waals surface area contributed by atoms with E-state index in [0.29, 0.717) is 19.3 Å². The van der Waals surface area contributed by atoms with E-state index < -0.39 is 51.1 Å². The Morgan fingerprint density at radius 2 is 1.02 bits per heavy atom. The van der Waals surface area contributed by atoms with Crippen LogP contribution < -0.4 is 5.73 Å². The summed E-state index contributed by atoms with van der Waals surface area (Å²) >= 11 is 0. The minimum Gasteiger partial charge on any atom is -0.480 e. The van der Waals surface area contributed by atoms with Gasteiger partial charge in [-0.25, -0.2) is 4.57 Å². The van der Waals surface area contributed by atoms with Crippen LogP contribution in [0.2, 0.25) is 0 Å². The van der Waals surface area contributed by atoms with Gasteiger partial charge in [0, 0.05) is 12.8 Å². The maximum atomic E-state index is 12.6. The summed E-state index contributed by atoms with van der Waals surface area (Å²) in [5.74, 6) is -2.46. The molecule has 12 heteroatoms. The first-order valence-electron chi connectivity index (χ1n) is 21.7. The Kier molecular flexibility index (Phi) is 37.5. The summed E-state index contributed by atoms with van der Waals surface area (Å²) in [5.41, 5.74) is 5.33. The summed E-state index contributed by atoms with van der Waals surface area (Å²) in [4.78, 5) is 45.9. The molecule has 0 fully saturated rings. The van der Waals surface area contributed by atoms with E-state index in [1.807, 2.05) is 6.08 Å². The third-order valence-electron chi connectivity index (χ3n) is 9.08. The minimum absolute atomic E-state index is 0.0929. The van der Waals surface area contributed by atoms with Crippen LogP contribution in [0.4, 0.5) is 0 Å². The summed E-state index contributed by atoms with van der Waals surface area (Å²) < 4.78 is 32.6. The molecule has 11 nitrogen and oxygen atoms in total. The fourth-order valence-corrected chi connectivity index (χ4v) is 6.40. The van der Waals surface area contributed by atoms with Crippen LogP contribution in [0.1, 0.15) is 181 Å². The average molecular weight is 812 g/mol. The maximum absolute atomic E-state index is 12.6. The number of allylic oxidation sites excluding steroid dienone is 8. The number of carboxylic acids is 1. The molecule has 1 unspecified atom stereocenters. The van der Waals surface area contributed by atoms with Crippen LogP contribution in [-0.4, -0.2) is 59.9 Å². The lowest BCUT2D eigenvalue weighted by Crippen LogP contribution is -2.34. The topological polar surface area (TPSA) is 172 Å². The van der Waals surface area contributed by atoms with E-state index in [9.17, 15) is 23.8 Å². The number of hydrogen-bond donors (Lipinski definition) is 3. The summed E-state index contributed by atoms with van der Waals surface area (Å²) in [5, 5.41) is 8.88. The van der Waals surface area contributed by atoms with Crippen LogP contribution in [-0.2, 0) is 37.5 Å². The van der Waals surface area contributed by atoms with Crippen molar-refractivity contribution < 1.29 is 47.5 Å². The van der Waals surface area contributed by atoms with Crippen molar-refractivity contribution in [2.24, 2.45) is 5.73 Å². The molecule has 0 saturated carbocycles. The monoisotopic (exact) mass is 812 g/mol. The van der Waals surface area contributed by atoms with Gasteiger partial charge in [-0.3, -0.25) is 23.4 Å².